The van der Waals surface area contributed by atoms with E-state index >= 15 is 0 Å². The lowest BCUT2D eigenvalue weighted by molar-refractivity contribution is 0.533. The molecule has 3 N–H and O–H groups in total. The maximum Gasteiger partial charge on any atom is 0.216 e. The van der Waals surface area contributed by atoms with E-state index in [4.69, 9.17) is 5.73 Å². The number of hydrogen-bond donors (Lipinski definition) is 2. The summed E-state index contributed by atoms with van der Waals surface area (Å²) in [7, 11) is -3.27. The molecule has 0 aliphatic heterocycles. The molecule has 1 aromatic carbocycles. The van der Waals surface area contributed by atoms with Crippen molar-refractivity contribution in [1.82, 2.24) is 4.72 Å². The highest BCUT2D eigenvalue weighted by Crippen LogP contribution is 2.09. The summed E-state index contributed by atoms with van der Waals surface area (Å²) in [5.41, 5.74) is 7.30. The van der Waals surface area contributed by atoms with Gasteiger partial charge in [0.15, 0.2) is 0 Å². The van der Waals surface area contributed by atoms with Gasteiger partial charge in [-0.1, -0.05) is 44.0 Å². The topological polar surface area (TPSA) is 72.2 Å². The van der Waals surface area contributed by atoms with Crippen LogP contribution in [0, 0.1) is 0 Å². The first-order valence-electron chi connectivity index (χ1n) is 6.74. The Labute approximate surface area is 116 Å². The van der Waals surface area contributed by atoms with Gasteiger partial charge in [0.2, 0.25) is 10.0 Å². The smallest absolute Gasteiger partial charge is 0.216 e. The zero-order valence-electron chi connectivity index (χ0n) is 11.7. The summed E-state index contributed by atoms with van der Waals surface area (Å²) in [6.07, 6.45) is 2.99. The maximum atomic E-state index is 12.0. The molecule has 0 fully saturated rings. The van der Waals surface area contributed by atoms with Gasteiger partial charge >= 0.3 is 0 Å². The summed E-state index contributed by atoms with van der Waals surface area (Å²) in [6, 6.07) is 7.36. The van der Waals surface area contributed by atoms with Gasteiger partial charge in [0.25, 0.3) is 0 Å². The summed E-state index contributed by atoms with van der Waals surface area (Å²) in [5.74, 6) is 0.0221. The van der Waals surface area contributed by atoms with Crippen LogP contribution in [0.4, 0.5) is 0 Å². The fourth-order valence-corrected chi connectivity index (χ4v) is 3.35. The third-order valence-corrected chi connectivity index (χ3v) is 4.46. The molecule has 1 unspecified atom stereocenters. The van der Waals surface area contributed by atoms with Crippen LogP contribution >= 0.6 is 0 Å². The molecule has 0 spiro atoms. The standard InChI is InChI=1S/C14H24N2O2S/c1-3-4-5-12(2)16-19(17,18)11-14-8-6-13(10-15)7-9-14/h6-9,12,16H,3-5,10-11,15H2,1-2H3. The van der Waals surface area contributed by atoms with E-state index in [2.05, 4.69) is 11.6 Å². The lowest BCUT2D eigenvalue weighted by Gasteiger charge is -2.13. The lowest BCUT2D eigenvalue weighted by atomic mass is 10.1. The molecule has 0 radical (unpaired) electrons. The largest absolute Gasteiger partial charge is 0.326 e. The first-order valence-corrected chi connectivity index (χ1v) is 8.40. The monoisotopic (exact) mass is 284 g/mol. The molecule has 1 aromatic rings. The van der Waals surface area contributed by atoms with E-state index < -0.39 is 10.0 Å². The molecule has 0 aliphatic rings. The molecule has 19 heavy (non-hydrogen) atoms. The van der Waals surface area contributed by atoms with E-state index in [1.54, 1.807) is 0 Å². The van der Waals surface area contributed by atoms with Gasteiger partial charge in [0, 0.05) is 12.6 Å². The Hall–Kier alpha value is -0.910. The van der Waals surface area contributed by atoms with Gasteiger partial charge in [-0.15, -0.1) is 0 Å². The zero-order valence-corrected chi connectivity index (χ0v) is 12.5. The van der Waals surface area contributed by atoms with E-state index in [0.29, 0.717) is 6.54 Å². The number of nitrogens with one attached hydrogen (secondary N) is 1. The van der Waals surface area contributed by atoms with Crippen LogP contribution in [-0.4, -0.2) is 14.5 Å². The number of rotatable bonds is 8. The minimum absolute atomic E-state index is 0.00624. The van der Waals surface area contributed by atoms with E-state index in [9.17, 15) is 8.42 Å². The summed E-state index contributed by atoms with van der Waals surface area (Å²) in [6.45, 7) is 4.48. The Balaban J connectivity index is 2.58. The van der Waals surface area contributed by atoms with E-state index in [1.165, 1.54) is 0 Å². The van der Waals surface area contributed by atoms with Gasteiger partial charge < -0.3 is 5.73 Å². The van der Waals surface area contributed by atoms with Crippen LogP contribution in [0.5, 0.6) is 0 Å². The van der Waals surface area contributed by atoms with E-state index in [-0.39, 0.29) is 11.8 Å². The minimum atomic E-state index is -3.27. The predicted octanol–water partition coefficient (Wildman–Crippen LogP) is 2.14. The summed E-state index contributed by atoms with van der Waals surface area (Å²) < 4.78 is 26.7. The number of sulfonamides is 1. The summed E-state index contributed by atoms with van der Waals surface area (Å²) in [5, 5.41) is 0. The highest BCUT2D eigenvalue weighted by molar-refractivity contribution is 7.88. The lowest BCUT2D eigenvalue weighted by Crippen LogP contribution is -2.33. The molecule has 0 aromatic heterocycles. The number of unbranched alkanes of at least 4 members (excludes halogenated alkanes) is 1. The molecule has 5 heteroatoms. The van der Waals surface area contributed by atoms with Crippen molar-refractivity contribution in [1.29, 1.82) is 0 Å². The van der Waals surface area contributed by atoms with E-state index in [1.807, 2.05) is 31.2 Å². The van der Waals surface area contributed by atoms with Crippen molar-refractivity contribution < 1.29 is 8.42 Å². The quantitative estimate of drug-likeness (QED) is 0.768. The third kappa shape index (κ3) is 6.18. The molecule has 0 bridgehead atoms. The van der Waals surface area contributed by atoms with Crippen LogP contribution in [0.1, 0.15) is 44.2 Å². The van der Waals surface area contributed by atoms with Crippen molar-refractivity contribution in [2.24, 2.45) is 5.73 Å². The highest BCUT2D eigenvalue weighted by atomic mass is 32.2. The van der Waals surface area contributed by atoms with Gasteiger partial charge in [-0.3, -0.25) is 0 Å². The highest BCUT2D eigenvalue weighted by Gasteiger charge is 2.14. The summed E-state index contributed by atoms with van der Waals surface area (Å²) >= 11 is 0. The van der Waals surface area contributed by atoms with Gasteiger partial charge in [-0.25, -0.2) is 13.1 Å². The molecular weight excluding hydrogens is 260 g/mol. The van der Waals surface area contributed by atoms with Gasteiger partial charge in [-0.05, 0) is 24.5 Å². The second-order valence-electron chi connectivity index (χ2n) is 4.94. The Morgan fingerprint density at radius 2 is 1.79 bits per heavy atom. The first kappa shape index (κ1) is 16.1. The van der Waals surface area contributed by atoms with Gasteiger partial charge in [0.05, 0.1) is 5.75 Å². The van der Waals surface area contributed by atoms with Gasteiger partial charge in [0.1, 0.15) is 0 Å². The molecule has 0 aliphatic carbocycles. The van der Waals surface area contributed by atoms with Crippen molar-refractivity contribution in [3.05, 3.63) is 35.4 Å². The first-order chi connectivity index (χ1) is 8.96. The van der Waals surface area contributed by atoms with Crippen LogP contribution in [0.25, 0.3) is 0 Å². The molecule has 1 atom stereocenters. The molecule has 1 rings (SSSR count). The fraction of sp³-hybridized carbons (Fsp3) is 0.571. The van der Waals surface area contributed by atoms with Gasteiger partial charge in [-0.2, -0.15) is 0 Å². The molecule has 0 saturated carbocycles. The summed E-state index contributed by atoms with van der Waals surface area (Å²) in [4.78, 5) is 0. The third-order valence-electron chi connectivity index (χ3n) is 2.99. The van der Waals surface area contributed by atoms with Crippen LogP contribution in [-0.2, 0) is 22.3 Å². The Kier molecular flexibility index (Phi) is 6.48. The second-order valence-corrected chi connectivity index (χ2v) is 6.69. The average Bonchev–Trinajstić information content (AvgIpc) is 2.36. The maximum absolute atomic E-state index is 12.0. The van der Waals surface area contributed by atoms with E-state index in [0.717, 1.165) is 30.4 Å². The SMILES string of the molecule is CCCCC(C)NS(=O)(=O)Cc1ccc(CN)cc1. The van der Waals surface area contributed by atoms with Crippen molar-refractivity contribution in [2.45, 2.75) is 51.4 Å². The minimum Gasteiger partial charge on any atom is -0.326 e. The van der Waals surface area contributed by atoms with Crippen molar-refractivity contribution in [3.8, 4) is 0 Å². The zero-order chi connectivity index (χ0) is 14.3. The molecule has 4 nitrogen and oxygen atoms in total. The van der Waals surface area contributed by atoms with Crippen molar-refractivity contribution in [3.63, 3.8) is 0 Å². The molecule has 0 saturated heterocycles. The molecular formula is C14H24N2O2S. The predicted molar refractivity (Wildman–Crippen MR) is 79.1 cm³/mol. The normalized spacial score (nSPS) is 13.4. The number of hydrogen-bond acceptors (Lipinski definition) is 3. The van der Waals surface area contributed by atoms with Crippen molar-refractivity contribution >= 4 is 10.0 Å². The number of benzene rings is 1. The van der Waals surface area contributed by atoms with Crippen molar-refractivity contribution in [2.75, 3.05) is 0 Å². The number of nitrogens with two attached hydrogens (primary N) is 1. The second kappa shape index (κ2) is 7.62. The molecule has 108 valence electrons. The Morgan fingerprint density at radius 3 is 2.32 bits per heavy atom. The van der Waals surface area contributed by atoms with Crippen LogP contribution < -0.4 is 10.5 Å². The Bertz CT molecular complexity index is 469. The fourth-order valence-electron chi connectivity index (χ4n) is 1.91. The Morgan fingerprint density at radius 1 is 1.21 bits per heavy atom. The molecule has 0 heterocycles. The average molecular weight is 284 g/mol. The van der Waals surface area contributed by atoms with Crippen LogP contribution in [0.15, 0.2) is 24.3 Å². The van der Waals surface area contributed by atoms with Crippen LogP contribution in [0.2, 0.25) is 0 Å². The molecule has 0 amide bonds. The van der Waals surface area contributed by atoms with Crippen LogP contribution in [0.3, 0.4) is 0 Å².